The number of phenolic OH excluding ortho intramolecular Hbond substituents is 1. The van der Waals surface area contributed by atoms with Crippen LogP contribution in [-0.4, -0.2) is 51.1 Å². The summed E-state index contributed by atoms with van der Waals surface area (Å²) in [6, 6.07) is 9.33. The fourth-order valence-electron chi connectivity index (χ4n) is 2.51. The zero-order chi connectivity index (χ0) is 24.0. The topological polar surface area (TPSA) is 180 Å². The van der Waals surface area contributed by atoms with Crippen LogP contribution in [-0.2, 0) is 4.79 Å². The van der Waals surface area contributed by atoms with Gasteiger partial charge < -0.3 is 19.8 Å². The number of hydrogen-bond donors (Lipinski definition) is 2. The highest BCUT2D eigenvalue weighted by Gasteiger charge is 2.29. The predicted molar refractivity (Wildman–Crippen MR) is 111 cm³/mol. The minimum absolute atomic E-state index is 0.0123. The Hall–Kier alpha value is -4.37. The van der Waals surface area contributed by atoms with Crippen LogP contribution in [0, 0.1) is 31.6 Å². The van der Waals surface area contributed by atoms with Crippen LogP contribution >= 0.6 is 11.6 Å². The molecule has 0 radical (unpaired) electrons. The Morgan fingerprint density at radius 2 is 1.78 bits per heavy atom. The fraction of sp³-hybridized carbons (Fsp3) is 0.158. The highest BCUT2D eigenvalue weighted by molar-refractivity contribution is 6.32. The Kier molecular flexibility index (Phi) is 7.54. The lowest BCUT2D eigenvalue weighted by Crippen LogP contribution is -2.32. The summed E-state index contributed by atoms with van der Waals surface area (Å²) in [4.78, 5) is 33.6. The summed E-state index contributed by atoms with van der Waals surface area (Å²) >= 11 is 5.96. The Morgan fingerprint density at radius 3 is 2.28 bits per heavy atom. The molecule has 32 heavy (non-hydrogen) atoms. The Morgan fingerprint density at radius 1 is 1.22 bits per heavy atom. The molecule has 1 amide bonds. The van der Waals surface area contributed by atoms with Crippen LogP contribution in [0.2, 0.25) is 5.02 Å². The molecular weight excluding hydrogens is 448 g/mol. The van der Waals surface area contributed by atoms with Gasteiger partial charge in [-0.25, -0.2) is 0 Å². The van der Waals surface area contributed by atoms with Gasteiger partial charge in [-0.05, 0) is 12.1 Å². The maximum atomic E-state index is 12.6. The Bertz CT molecular complexity index is 1120. The molecule has 0 aromatic heterocycles. The molecule has 0 heterocycles. The first-order valence-electron chi connectivity index (χ1n) is 8.70. The summed E-state index contributed by atoms with van der Waals surface area (Å²) < 4.78 is 5.45. The number of nitro groups is 2. The van der Waals surface area contributed by atoms with Crippen LogP contribution in [0.5, 0.6) is 11.5 Å². The van der Waals surface area contributed by atoms with E-state index >= 15 is 0 Å². The summed E-state index contributed by atoms with van der Waals surface area (Å²) in [5.41, 5.74) is -3.54. The van der Waals surface area contributed by atoms with Gasteiger partial charge in [-0.3, -0.25) is 25.0 Å². The van der Waals surface area contributed by atoms with Crippen molar-refractivity contribution in [3.63, 3.8) is 0 Å². The number of benzene rings is 2. The van der Waals surface area contributed by atoms with Gasteiger partial charge in [0.05, 0.1) is 21.4 Å². The molecule has 0 aliphatic heterocycles. The number of para-hydroxylation sites is 1. The molecule has 2 rings (SSSR count). The van der Waals surface area contributed by atoms with E-state index in [2.05, 4.69) is 0 Å². The minimum atomic E-state index is -1.23. The average Bonchev–Trinajstić information content (AvgIpc) is 2.74. The second-order valence-corrected chi connectivity index (χ2v) is 6.63. The van der Waals surface area contributed by atoms with E-state index in [0.29, 0.717) is 22.9 Å². The molecule has 0 spiro atoms. The number of amides is 1. The number of phenols is 1. The standard InChI is InChI=1S/C19H15ClN4O8/c1-22(6-7-32-16-5-3-2-4-13(16)20)19(27)12(10-21)17(25)11-8-14(23(28)29)18(26)15(9-11)24(30)31/h2-5,8-9,25-26H,6-7H2,1H3/b17-12-. The van der Waals surface area contributed by atoms with Crippen molar-refractivity contribution >= 4 is 34.6 Å². The molecule has 0 unspecified atom stereocenters. The van der Waals surface area contributed by atoms with Gasteiger partial charge in [0.25, 0.3) is 11.7 Å². The number of aliphatic hydroxyl groups is 1. The Labute approximate surface area is 185 Å². The number of nitriles is 1. The van der Waals surface area contributed by atoms with Crippen molar-refractivity contribution in [2.24, 2.45) is 0 Å². The van der Waals surface area contributed by atoms with Gasteiger partial charge in [-0.15, -0.1) is 0 Å². The van der Waals surface area contributed by atoms with E-state index in [9.17, 15) is 40.5 Å². The first kappa shape index (κ1) is 23.9. The third kappa shape index (κ3) is 5.21. The second-order valence-electron chi connectivity index (χ2n) is 6.22. The van der Waals surface area contributed by atoms with E-state index in [4.69, 9.17) is 16.3 Å². The summed E-state index contributed by atoms with van der Waals surface area (Å²) in [5, 5.41) is 51.9. The molecule has 2 aromatic rings. The van der Waals surface area contributed by atoms with E-state index in [1.54, 1.807) is 24.3 Å². The smallest absolute Gasteiger partial charge is 0.318 e. The normalized spacial score (nSPS) is 11.2. The lowest BCUT2D eigenvalue weighted by Gasteiger charge is -2.18. The van der Waals surface area contributed by atoms with Crippen LogP contribution in [0.25, 0.3) is 5.76 Å². The number of nitrogens with zero attached hydrogens (tertiary/aromatic N) is 4. The number of aromatic hydroxyl groups is 1. The molecule has 13 heteroatoms. The summed E-state index contributed by atoms with van der Waals surface area (Å²) in [7, 11) is 1.31. The van der Waals surface area contributed by atoms with Gasteiger partial charge in [-0.2, -0.15) is 5.26 Å². The van der Waals surface area contributed by atoms with Gasteiger partial charge in [0.1, 0.15) is 24.2 Å². The van der Waals surface area contributed by atoms with E-state index in [0.717, 1.165) is 4.90 Å². The van der Waals surface area contributed by atoms with Crippen LogP contribution < -0.4 is 4.74 Å². The van der Waals surface area contributed by atoms with Crippen molar-refractivity contribution in [1.82, 2.24) is 4.90 Å². The van der Waals surface area contributed by atoms with Gasteiger partial charge in [0.15, 0.2) is 5.57 Å². The molecule has 2 aromatic carbocycles. The van der Waals surface area contributed by atoms with Crippen molar-refractivity contribution < 1.29 is 29.6 Å². The maximum absolute atomic E-state index is 12.6. The molecular formula is C19H15ClN4O8. The summed E-state index contributed by atoms with van der Waals surface area (Å²) in [6.45, 7) is -0.0417. The molecule has 0 atom stereocenters. The monoisotopic (exact) mass is 462 g/mol. The van der Waals surface area contributed by atoms with Crippen LogP contribution in [0.15, 0.2) is 42.0 Å². The van der Waals surface area contributed by atoms with E-state index in [1.807, 2.05) is 0 Å². The van der Waals surface area contributed by atoms with Crippen LogP contribution in [0.3, 0.4) is 0 Å². The fourth-order valence-corrected chi connectivity index (χ4v) is 2.70. The first-order valence-corrected chi connectivity index (χ1v) is 9.08. The summed E-state index contributed by atoms with van der Waals surface area (Å²) in [5.74, 6) is -2.85. The highest BCUT2D eigenvalue weighted by Crippen LogP contribution is 2.38. The van der Waals surface area contributed by atoms with Crippen molar-refractivity contribution in [1.29, 1.82) is 5.26 Å². The highest BCUT2D eigenvalue weighted by atomic mass is 35.5. The molecule has 0 fully saturated rings. The molecule has 2 N–H and O–H groups in total. The second kappa shape index (κ2) is 10.1. The predicted octanol–water partition coefficient (Wildman–Crippen LogP) is 3.19. The third-order valence-corrected chi connectivity index (χ3v) is 4.48. The average molecular weight is 463 g/mol. The number of likely N-dealkylation sites (N-methyl/N-ethyl adjacent to an activating group) is 1. The third-order valence-electron chi connectivity index (χ3n) is 4.17. The van der Waals surface area contributed by atoms with Crippen molar-refractivity contribution in [3.05, 3.63) is 72.8 Å². The number of aliphatic hydroxyl groups excluding tert-OH is 1. The molecule has 12 nitrogen and oxygen atoms in total. The van der Waals surface area contributed by atoms with Crippen molar-refractivity contribution in [2.75, 3.05) is 20.2 Å². The van der Waals surface area contributed by atoms with Gasteiger partial charge >= 0.3 is 11.4 Å². The number of ether oxygens (including phenoxy) is 1. The first-order chi connectivity index (χ1) is 15.1. The van der Waals surface area contributed by atoms with Crippen LogP contribution in [0.1, 0.15) is 5.56 Å². The molecule has 0 aliphatic rings. The van der Waals surface area contributed by atoms with Gasteiger partial charge in [-0.1, -0.05) is 23.7 Å². The quantitative estimate of drug-likeness (QED) is 0.196. The lowest BCUT2D eigenvalue weighted by molar-refractivity contribution is -0.396. The number of hydrogen-bond acceptors (Lipinski definition) is 9. The van der Waals surface area contributed by atoms with E-state index in [-0.39, 0.29) is 13.2 Å². The molecule has 0 saturated heterocycles. The Balaban J connectivity index is 2.30. The van der Waals surface area contributed by atoms with Crippen LogP contribution in [0.4, 0.5) is 11.4 Å². The number of halogens is 1. The molecule has 166 valence electrons. The zero-order valence-corrected chi connectivity index (χ0v) is 17.1. The number of rotatable bonds is 8. The lowest BCUT2D eigenvalue weighted by atomic mass is 10.1. The number of carbonyl (C=O) groups is 1. The van der Waals surface area contributed by atoms with Crippen molar-refractivity contribution in [2.45, 2.75) is 0 Å². The molecule has 0 aliphatic carbocycles. The van der Waals surface area contributed by atoms with Gasteiger partial charge in [0, 0.05) is 24.7 Å². The van der Waals surface area contributed by atoms with E-state index in [1.165, 1.54) is 13.1 Å². The van der Waals surface area contributed by atoms with E-state index < -0.39 is 49.8 Å². The largest absolute Gasteiger partial charge is 0.506 e. The summed E-state index contributed by atoms with van der Waals surface area (Å²) in [6.07, 6.45) is 0. The molecule has 0 saturated carbocycles. The molecule has 0 bridgehead atoms. The number of carbonyl (C=O) groups excluding carboxylic acids is 1. The maximum Gasteiger partial charge on any atom is 0.318 e. The SMILES string of the molecule is CN(CCOc1ccccc1Cl)C(=O)/C(C#N)=C(\O)c1cc([N+](=O)[O-])c(O)c([N+](=O)[O-])c1. The van der Waals surface area contributed by atoms with Gasteiger partial charge in [0.2, 0.25) is 0 Å². The minimum Gasteiger partial charge on any atom is -0.506 e. The number of nitro benzene ring substituents is 2. The zero-order valence-electron chi connectivity index (χ0n) is 16.4. The van der Waals surface area contributed by atoms with Crippen molar-refractivity contribution in [3.8, 4) is 17.6 Å².